The number of hydrogen-bond acceptors (Lipinski definition) is 4. The van der Waals surface area contributed by atoms with Gasteiger partial charge in [0.05, 0.1) is 11.5 Å². The first-order valence-corrected chi connectivity index (χ1v) is 7.49. The SMILES string of the molecule is CN1CC(NC2CCS(=O)(=O)C2)CCC1=O. The smallest absolute Gasteiger partial charge is 0.222 e. The predicted molar refractivity (Wildman–Crippen MR) is 60.9 cm³/mol. The monoisotopic (exact) mass is 246 g/mol. The Hall–Kier alpha value is -0.620. The third-order valence-corrected chi connectivity index (χ3v) is 5.10. The van der Waals surface area contributed by atoms with Crippen molar-refractivity contribution in [3.63, 3.8) is 0 Å². The number of likely N-dealkylation sites (N-methyl/N-ethyl adjacent to an activating group) is 1. The Morgan fingerprint density at radius 2 is 2.06 bits per heavy atom. The molecule has 6 heteroatoms. The number of likely N-dealkylation sites (tertiary alicyclic amines) is 1. The van der Waals surface area contributed by atoms with Gasteiger partial charge in [-0.1, -0.05) is 0 Å². The first-order valence-electron chi connectivity index (χ1n) is 5.67. The Labute approximate surface area is 96.1 Å². The van der Waals surface area contributed by atoms with E-state index in [9.17, 15) is 13.2 Å². The number of carbonyl (C=O) groups excluding carboxylic acids is 1. The van der Waals surface area contributed by atoms with Gasteiger partial charge in [0.2, 0.25) is 5.91 Å². The molecule has 0 aromatic rings. The van der Waals surface area contributed by atoms with Crippen LogP contribution in [0.2, 0.25) is 0 Å². The minimum absolute atomic E-state index is 0.0802. The summed E-state index contributed by atoms with van der Waals surface area (Å²) in [5.74, 6) is 0.727. The van der Waals surface area contributed by atoms with Crippen LogP contribution >= 0.6 is 0 Å². The van der Waals surface area contributed by atoms with Crippen molar-refractivity contribution in [1.82, 2.24) is 10.2 Å². The van der Waals surface area contributed by atoms with Crippen LogP contribution in [-0.4, -0.2) is 56.4 Å². The number of rotatable bonds is 2. The van der Waals surface area contributed by atoms with Crippen molar-refractivity contribution in [3.8, 4) is 0 Å². The van der Waals surface area contributed by atoms with Crippen LogP contribution in [0.1, 0.15) is 19.3 Å². The summed E-state index contributed by atoms with van der Waals surface area (Å²) in [6, 6.07) is 0.331. The summed E-state index contributed by atoms with van der Waals surface area (Å²) in [6.07, 6.45) is 2.09. The number of amides is 1. The summed E-state index contributed by atoms with van der Waals surface area (Å²) in [6.45, 7) is 0.690. The molecule has 2 rings (SSSR count). The fourth-order valence-electron chi connectivity index (χ4n) is 2.41. The Bertz CT molecular complexity index is 380. The molecule has 2 heterocycles. The molecule has 0 spiro atoms. The van der Waals surface area contributed by atoms with Gasteiger partial charge in [-0.2, -0.15) is 0 Å². The van der Waals surface area contributed by atoms with Crippen molar-refractivity contribution < 1.29 is 13.2 Å². The van der Waals surface area contributed by atoms with Gasteiger partial charge in [0, 0.05) is 32.1 Å². The molecule has 1 N–H and O–H groups in total. The molecule has 0 saturated carbocycles. The van der Waals surface area contributed by atoms with Crippen molar-refractivity contribution >= 4 is 15.7 Å². The Morgan fingerprint density at radius 1 is 1.31 bits per heavy atom. The third-order valence-electron chi connectivity index (χ3n) is 3.33. The summed E-state index contributed by atoms with van der Waals surface area (Å²) >= 11 is 0. The van der Waals surface area contributed by atoms with E-state index in [1.165, 1.54) is 0 Å². The van der Waals surface area contributed by atoms with E-state index in [4.69, 9.17) is 0 Å². The van der Waals surface area contributed by atoms with Crippen LogP contribution < -0.4 is 5.32 Å². The second-order valence-corrected chi connectivity index (χ2v) is 7.01. The molecule has 2 atom stereocenters. The lowest BCUT2D eigenvalue weighted by atomic mass is 10.0. The van der Waals surface area contributed by atoms with Gasteiger partial charge in [0.25, 0.3) is 0 Å². The second kappa shape index (κ2) is 4.33. The highest BCUT2D eigenvalue weighted by Crippen LogP contribution is 2.15. The number of sulfone groups is 1. The minimum atomic E-state index is -2.81. The van der Waals surface area contributed by atoms with Crippen molar-refractivity contribution in [2.24, 2.45) is 0 Å². The molecule has 0 aliphatic carbocycles. The average Bonchev–Trinajstić information content (AvgIpc) is 2.52. The van der Waals surface area contributed by atoms with Crippen molar-refractivity contribution in [2.45, 2.75) is 31.3 Å². The molecule has 92 valence electrons. The molecular formula is C10H18N2O3S. The van der Waals surface area contributed by atoms with Crippen LogP contribution in [0.5, 0.6) is 0 Å². The standard InChI is InChI=1S/C10H18N2O3S/c1-12-6-8(2-3-10(12)13)11-9-4-5-16(14,15)7-9/h8-9,11H,2-7H2,1H3. The van der Waals surface area contributed by atoms with E-state index >= 15 is 0 Å². The van der Waals surface area contributed by atoms with Gasteiger partial charge in [-0.15, -0.1) is 0 Å². The van der Waals surface area contributed by atoms with Gasteiger partial charge in [-0.05, 0) is 12.8 Å². The molecular weight excluding hydrogens is 228 g/mol. The minimum Gasteiger partial charge on any atom is -0.344 e. The average molecular weight is 246 g/mol. The molecule has 2 fully saturated rings. The summed E-state index contributed by atoms with van der Waals surface area (Å²) in [5, 5.41) is 3.35. The zero-order valence-corrected chi connectivity index (χ0v) is 10.3. The van der Waals surface area contributed by atoms with Crippen LogP contribution in [-0.2, 0) is 14.6 Å². The zero-order valence-electron chi connectivity index (χ0n) is 9.48. The maximum absolute atomic E-state index is 11.3. The van der Waals surface area contributed by atoms with Gasteiger partial charge in [0.15, 0.2) is 9.84 Å². The summed E-state index contributed by atoms with van der Waals surface area (Å²) in [7, 11) is -1.02. The first-order chi connectivity index (χ1) is 7.46. The topological polar surface area (TPSA) is 66.5 Å². The van der Waals surface area contributed by atoms with Gasteiger partial charge in [0.1, 0.15) is 0 Å². The number of hydrogen-bond donors (Lipinski definition) is 1. The number of piperidine rings is 1. The molecule has 0 aromatic heterocycles. The Morgan fingerprint density at radius 3 is 2.62 bits per heavy atom. The van der Waals surface area contributed by atoms with Crippen molar-refractivity contribution in [2.75, 3.05) is 25.1 Å². The largest absolute Gasteiger partial charge is 0.344 e. The molecule has 1 amide bonds. The Kier molecular flexibility index (Phi) is 3.21. The lowest BCUT2D eigenvalue weighted by molar-refractivity contribution is -0.132. The highest BCUT2D eigenvalue weighted by molar-refractivity contribution is 7.91. The van der Waals surface area contributed by atoms with Gasteiger partial charge < -0.3 is 10.2 Å². The van der Waals surface area contributed by atoms with E-state index in [2.05, 4.69) is 5.32 Å². The highest BCUT2D eigenvalue weighted by Gasteiger charge is 2.31. The van der Waals surface area contributed by atoms with Gasteiger partial charge >= 0.3 is 0 Å². The summed E-state index contributed by atoms with van der Waals surface area (Å²) in [5.41, 5.74) is 0. The molecule has 2 aliphatic rings. The molecule has 0 radical (unpaired) electrons. The fraction of sp³-hybridized carbons (Fsp3) is 0.900. The molecule has 2 unspecified atom stereocenters. The maximum atomic E-state index is 11.3. The van der Waals surface area contributed by atoms with Crippen LogP contribution in [0.4, 0.5) is 0 Å². The second-order valence-electron chi connectivity index (χ2n) is 4.78. The normalized spacial score (nSPS) is 34.3. The maximum Gasteiger partial charge on any atom is 0.222 e. The van der Waals surface area contributed by atoms with E-state index in [-0.39, 0.29) is 23.7 Å². The van der Waals surface area contributed by atoms with Crippen LogP contribution in [0.25, 0.3) is 0 Å². The number of nitrogens with zero attached hydrogens (tertiary/aromatic N) is 1. The molecule has 16 heavy (non-hydrogen) atoms. The van der Waals surface area contributed by atoms with E-state index in [0.717, 1.165) is 6.42 Å². The van der Waals surface area contributed by atoms with E-state index in [0.29, 0.717) is 25.1 Å². The van der Waals surface area contributed by atoms with E-state index in [1.807, 2.05) is 0 Å². The van der Waals surface area contributed by atoms with Crippen LogP contribution in [0, 0.1) is 0 Å². The van der Waals surface area contributed by atoms with E-state index in [1.54, 1.807) is 11.9 Å². The molecule has 5 nitrogen and oxygen atoms in total. The van der Waals surface area contributed by atoms with Crippen molar-refractivity contribution in [3.05, 3.63) is 0 Å². The lowest BCUT2D eigenvalue weighted by Crippen LogP contribution is -2.50. The Balaban J connectivity index is 1.85. The van der Waals surface area contributed by atoms with Crippen LogP contribution in [0.3, 0.4) is 0 Å². The predicted octanol–water partition coefficient (Wildman–Crippen LogP) is -0.616. The summed E-state index contributed by atoms with van der Waals surface area (Å²) < 4.78 is 22.6. The van der Waals surface area contributed by atoms with Crippen molar-refractivity contribution in [1.29, 1.82) is 0 Å². The third kappa shape index (κ3) is 2.74. The number of carbonyl (C=O) groups is 1. The van der Waals surface area contributed by atoms with Crippen LogP contribution in [0.15, 0.2) is 0 Å². The quantitative estimate of drug-likeness (QED) is 0.705. The molecule has 2 saturated heterocycles. The number of nitrogens with one attached hydrogen (secondary N) is 1. The molecule has 0 aromatic carbocycles. The summed E-state index contributed by atoms with van der Waals surface area (Å²) in [4.78, 5) is 13.0. The van der Waals surface area contributed by atoms with E-state index < -0.39 is 9.84 Å². The highest BCUT2D eigenvalue weighted by atomic mass is 32.2. The first kappa shape index (κ1) is 11.9. The zero-order chi connectivity index (χ0) is 11.8. The van der Waals surface area contributed by atoms with Gasteiger partial charge in [-0.3, -0.25) is 4.79 Å². The molecule has 2 aliphatic heterocycles. The molecule has 0 bridgehead atoms. The fourth-order valence-corrected chi connectivity index (χ4v) is 4.09. The van der Waals surface area contributed by atoms with Gasteiger partial charge in [-0.25, -0.2) is 8.42 Å². The lowest BCUT2D eigenvalue weighted by Gasteiger charge is -2.31.